The van der Waals surface area contributed by atoms with Crippen molar-refractivity contribution in [1.29, 1.82) is 0 Å². The van der Waals surface area contributed by atoms with Crippen LogP contribution in [0.5, 0.6) is 0 Å². The summed E-state index contributed by atoms with van der Waals surface area (Å²) in [6.07, 6.45) is -0.0798. The van der Waals surface area contributed by atoms with E-state index in [1.54, 1.807) is 23.1 Å². The van der Waals surface area contributed by atoms with Crippen LogP contribution in [0.3, 0.4) is 0 Å². The van der Waals surface area contributed by atoms with Crippen molar-refractivity contribution in [3.8, 4) is 22.4 Å². The van der Waals surface area contributed by atoms with Crippen molar-refractivity contribution in [2.75, 3.05) is 30.3 Å². The molecule has 55 heavy (non-hydrogen) atoms. The average molecular weight is 794 g/mol. The first kappa shape index (κ1) is 40.6. The van der Waals surface area contributed by atoms with E-state index in [4.69, 9.17) is 9.72 Å². The van der Waals surface area contributed by atoms with Crippen molar-refractivity contribution in [1.82, 2.24) is 19.9 Å². The van der Waals surface area contributed by atoms with Crippen LogP contribution in [0.25, 0.3) is 32.9 Å². The molecule has 6 rings (SSSR count). The van der Waals surface area contributed by atoms with Gasteiger partial charge in [-0.25, -0.2) is 36.9 Å². The highest BCUT2D eigenvalue weighted by Crippen LogP contribution is 2.59. The molecule has 2 atom stereocenters. The van der Waals surface area contributed by atoms with Crippen LogP contribution < -0.4 is 4.90 Å². The molecule has 0 bridgehead atoms. The summed E-state index contributed by atoms with van der Waals surface area (Å²) in [6, 6.07) is 8.06. The number of fused-ring (bicyclic) bond motifs is 3. The number of hydrogen-bond acceptors (Lipinski definition) is 8. The Balaban J connectivity index is 1.61. The number of anilines is 1. The smallest absolute Gasteiger partial charge is 0.410 e. The zero-order valence-corrected chi connectivity index (χ0v) is 35.4. The van der Waals surface area contributed by atoms with E-state index in [-0.39, 0.29) is 62.6 Å². The van der Waals surface area contributed by atoms with Crippen LogP contribution in [0, 0.1) is 28.7 Å². The van der Waals surface area contributed by atoms with Gasteiger partial charge in [-0.3, -0.25) is 0 Å². The molecule has 4 aromatic rings. The number of amides is 1. The lowest BCUT2D eigenvalue weighted by atomic mass is 9.93. The predicted octanol–water partition coefficient (Wildman–Crippen LogP) is 8.87. The number of carbonyl (C=O) groups is 1. The fourth-order valence-corrected chi connectivity index (χ4v) is 13.3. The molecule has 1 unspecified atom stereocenters. The van der Waals surface area contributed by atoms with Gasteiger partial charge < -0.3 is 14.5 Å². The summed E-state index contributed by atoms with van der Waals surface area (Å²) in [5.74, 6) is 1.79. The Morgan fingerprint density at radius 1 is 0.964 bits per heavy atom. The minimum absolute atomic E-state index is 0.0658. The van der Waals surface area contributed by atoms with E-state index in [0.29, 0.717) is 46.9 Å². The van der Waals surface area contributed by atoms with Crippen molar-refractivity contribution in [2.45, 2.75) is 115 Å². The van der Waals surface area contributed by atoms with Gasteiger partial charge in [0.15, 0.2) is 5.82 Å². The summed E-state index contributed by atoms with van der Waals surface area (Å²) in [7, 11) is -5.53. The summed E-state index contributed by atoms with van der Waals surface area (Å²) in [6.45, 7) is 22.9. The number of aromatic nitrogens is 3. The molecule has 0 aliphatic carbocycles. The number of hydrogen-bond donors (Lipinski definition) is 0. The van der Waals surface area contributed by atoms with Crippen LogP contribution >= 0.6 is 10.0 Å². The SMILES string of the molecule is CCS(=O)(=O)c1nc2c3c(nc(-c4cccc5ccc(F)c(C#CS(C(C)C)(C(C)C)C(C)C)c45)c(F)c3n1)C[C@H](C)C1CN(C(=O)OC(C)(C)C)CCN21. The number of sulfone groups is 1. The van der Waals surface area contributed by atoms with Crippen molar-refractivity contribution < 1.29 is 26.7 Å². The van der Waals surface area contributed by atoms with Gasteiger partial charge in [-0.2, -0.15) is 10.0 Å². The van der Waals surface area contributed by atoms with E-state index < -0.39 is 48.4 Å². The number of ether oxygens (including phenoxy) is 1. The monoisotopic (exact) mass is 793 g/mol. The van der Waals surface area contributed by atoms with Gasteiger partial charge in [-0.15, -0.1) is 0 Å². The topological polar surface area (TPSA) is 106 Å². The quantitative estimate of drug-likeness (QED) is 0.141. The molecular formula is C42H53F2N5O4S2. The molecule has 2 aromatic carbocycles. The molecule has 1 amide bonds. The molecule has 9 nitrogen and oxygen atoms in total. The van der Waals surface area contributed by atoms with Gasteiger partial charge in [-0.1, -0.05) is 85.6 Å². The molecule has 0 saturated carbocycles. The number of rotatable bonds is 6. The Kier molecular flexibility index (Phi) is 10.9. The van der Waals surface area contributed by atoms with Gasteiger partial charge >= 0.3 is 6.09 Å². The third kappa shape index (κ3) is 7.25. The van der Waals surface area contributed by atoms with Crippen LogP contribution in [-0.4, -0.2) is 87.1 Å². The van der Waals surface area contributed by atoms with Gasteiger partial charge in [0.1, 0.15) is 28.4 Å². The molecule has 1 saturated heterocycles. The zero-order valence-electron chi connectivity index (χ0n) is 33.8. The summed E-state index contributed by atoms with van der Waals surface area (Å²) in [4.78, 5) is 30.9. The minimum atomic E-state index is -3.99. The van der Waals surface area contributed by atoms with E-state index in [1.165, 1.54) is 13.0 Å². The summed E-state index contributed by atoms with van der Waals surface area (Å²) >= 11 is 0. The van der Waals surface area contributed by atoms with Gasteiger partial charge in [0.05, 0.1) is 28.4 Å². The molecule has 0 radical (unpaired) electrons. The van der Waals surface area contributed by atoms with Crippen molar-refractivity contribution in [3.05, 3.63) is 53.2 Å². The highest BCUT2D eigenvalue weighted by atomic mass is 32.3. The highest BCUT2D eigenvalue weighted by molar-refractivity contribution is 8.38. The Hall–Kier alpha value is -4.02. The highest BCUT2D eigenvalue weighted by Gasteiger charge is 2.41. The van der Waals surface area contributed by atoms with Crippen LogP contribution in [0.15, 0.2) is 35.5 Å². The standard InChI is InChI=1S/C42H53F2N5O4S2/c1-12-55(51,52)40-46-38-35-32(22-27(8)33-23-48(41(50)53-42(9,10)11)19-20-49(33)39(35)47-40)45-37(36(38)44)30-15-13-14-28-16-17-31(43)29(34(28)30)18-21-54(24(2)3,25(4)5)26(6)7/h13-17,24-27,33H,12,19-20,22-23H2,1-11H3/t27-,33?/m0/s1. The first-order valence-corrected chi connectivity index (χ1v) is 22.6. The number of halogens is 2. The van der Waals surface area contributed by atoms with Crippen LogP contribution in [-0.2, 0) is 21.0 Å². The number of carbonyl (C=O) groups excluding carboxylic acids is 1. The maximum absolute atomic E-state index is 17.4. The third-order valence-electron chi connectivity index (χ3n) is 10.9. The Bertz CT molecular complexity index is 2330. The van der Waals surface area contributed by atoms with E-state index >= 15 is 8.78 Å². The van der Waals surface area contributed by atoms with Crippen molar-refractivity contribution in [3.63, 3.8) is 0 Å². The Morgan fingerprint density at radius 2 is 1.64 bits per heavy atom. The molecular weight excluding hydrogens is 741 g/mol. The van der Waals surface area contributed by atoms with Crippen molar-refractivity contribution in [2.24, 2.45) is 5.92 Å². The lowest BCUT2D eigenvalue weighted by Gasteiger charge is -2.46. The van der Waals surface area contributed by atoms with E-state index in [1.807, 2.05) is 38.7 Å². The van der Waals surface area contributed by atoms with Gasteiger partial charge in [0.2, 0.25) is 15.0 Å². The number of pyridine rings is 1. The van der Waals surface area contributed by atoms with Crippen molar-refractivity contribution >= 4 is 53.5 Å². The summed E-state index contributed by atoms with van der Waals surface area (Å²) in [5.41, 5.74) is 0.0899. The Morgan fingerprint density at radius 3 is 2.25 bits per heavy atom. The minimum Gasteiger partial charge on any atom is -0.444 e. The molecule has 0 N–H and O–H groups in total. The lowest BCUT2D eigenvalue weighted by molar-refractivity contribution is 0.0199. The fraction of sp³-hybridized carbons (Fsp3) is 0.524. The molecule has 2 aliphatic heterocycles. The first-order valence-electron chi connectivity index (χ1n) is 19.1. The van der Waals surface area contributed by atoms with Gasteiger partial charge in [0.25, 0.3) is 0 Å². The molecule has 0 spiro atoms. The molecule has 2 aromatic heterocycles. The van der Waals surface area contributed by atoms with E-state index in [0.717, 1.165) is 0 Å². The molecule has 13 heteroatoms. The Labute approximate surface area is 325 Å². The first-order chi connectivity index (χ1) is 25.7. The summed E-state index contributed by atoms with van der Waals surface area (Å²) in [5, 5.41) is 5.32. The van der Waals surface area contributed by atoms with Crippen LogP contribution in [0.2, 0.25) is 0 Å². The second-order valence-electron chi connectivity index (χ2n) is 16.5. The molecule has 2 aliphatic rings. The normalized spacial score (nSPS) is 18.1. The summed E-state index contributed by atoms with van der Waals surface area (Å²) < 4.78 is 66.0. The third-order valence-corrected chi connectivity index (χ3v) is 17.6. The molecule has 296 valence electrons. The number of piperazine rings is 1. The van der Waals surface area contributed by atoms with Gasteiger partial charge in [-0.05, 0) is 65.6 Å². The largest absolute Gasteiger partial charge is 0.444 e. The zero-order chi connectivity index (χ0) is 40.4. The van der Waals surface area contributed by atoms with Crippen LogP contribution in [0.4, 0.5) is 19.4 Å². The number of nitrogens with zero attached hydrogens (tertiary/aromatic N) is 5. The average Bonchev–Trinajstić information content (AvgIpc) is 3.22. The lowest BCUT2D eigenvalue weighted by Crippen LogP contribution is -2.58. The predicted molar refractivity (Wildman–Crippen MR) is 220 cm³/mol. The second-order valence-corrected chi connectivity index (χ2v) is 23.2. The van der Waals surface area contributed by atoms with Crippen LogP contribution in [0.1, 0.15) is 87.4 Å². The second kappa shape index (κ2) is 14.8. The fourth-order valence-electron chi connectivity index (χ4n) is 8.30. The maximum Gasteiger partial charge on any atom is 0.410 e. The molecule has 4 heterocycles. The van der Waals surface area contributed by atoms with Gasteiger partial charge in [0, 0.05) is 30.6 Å². The maximum atomic E-state index is 17.4. The van der Waals surface area contributed by atoms with E-state index in [2.05, 4.69) is 62.7 Å². The number of benzene rings is 2. The van der Waals surface area contributed by atoms with E-state index in [9.17, 15) is 13.2 Å². The molecule has 1 fully saturated rings.